The van der Waals surface area contributed by atoms with E-state index >= 15 is 0 Å². The second-order valence-electron chi connectivity index (χ2n) is 8.40. The number of nitrogens with zero attached hydrogens (tertiary/aromatic N) is 2. The fraction of sp³-hybridized carbons (Fsp3) is 0.385. The van der Waals surface area contributed by atoms with E-state index in [9.17, 15) is 0 Å². The third-order valence-electron chi connectivity index (χ3n) is 6.25. The predicted octanol–water partition coefficient (Wildman–Crippen LogP) is 4.89. The van der Waals surface area contributed by atoms with Crippen LogP contribution in [-0.2, 0) is 0 Å². The largest absolute Gasteiger partial charge is 0.492 e. The number of likely N-dealkylation sites (tertiary alicyclic amines) is 1. The number of piperidine rings is 1. The molecular formula is C26H32ClN3O. The van der Waals surface area contributed by atoms with Crippen LogP contribution in [0.4, 0.5) is 0 Å². The Balaban J connectivity index is 1.25. The highest BCUT2D eigenvalue weighted by molar-refractivity contribution is 6.30. The van der Waals surface area contributed by atoms with Crippen LogP contribution in [0.5, 0.6) is 5.75 Å². The van der Waals surface area contributed by atoms with E-state index in [1.807, 2.05) is 54.6 Å². The molecule has 0 radical (unpaired) electrons. The lowest BCUT2D eigenvalue weighted by Gasteiger charge is -2.38. The Labute approximate surface area is 190 Å². The third kappa shape index (κ3) is 6.13. The maximum Gasteiger partial charge on any atom is 0.119 e. The number of hydrogen-bond acceptors (Lipinski definition) is 4. The Bertz CT molecular complexity index is 873. The van der Waals surface area contributed by atoms with Crippen molar-refractivity contribution in [2.45, 2.75) is 18.9 Å². The monoisotopic (exact) mass is 437 g/mol. The zero-order valence-corrected chi connectivity index (χ0v) is 18.8. The summed E-state index contributed by atoms with van der Waals surface area (Å²) in [6.07, 6.45) is 8.94. The molecule has 0 amide bonds. The Morgan fingerprint density at radius 2 is 1.77 bits per heavy atom. The number of allylic oxidation sites excluding steroid dienone is 2. The van der Waals surface area contributed by atoms with Gasteiger partial charge in [0, 0.05) is 30.4 Å². The van der Waals surface area contributed by atoms with Crippen LogP contribution in [0.15, 0.2) is 78.5 Å². The average molecular weight is 438 g/mol. The van der Waals surface area contributed by atoms with Crippen LogP contribution in [0.2, 0.25) is 5.02 Å². The van der Waals surface area contributed by atoms with Crippen LogP contribution in [0.1, 0.15) is 24.4 Å². The summed E-state index contributed by atoms with van der Waals surface area (Å²) >= 11 is 6.05. The van der Waals surface area contributed by atoms with Crippen molar-refractivity contribution in [3.63, 3.8) is 0 Å². The first-order chi connectivity index (χ1) is 15.2. The van der Waals surface area contributed by atoms with Crippen LogP contribution in [0, 0.1) is 5.92 Å². The predicted molar refractivity (Wildman–Crippen MR) is 128 cm³/mol. The Hall–Kier alpha value is -2.27. The molecule has 0 aromatic heterocycles. The molecule has 164 valence electrons. The molecule has 2 aliphatic rings. The second kappa shape index (κ2) is 10.9. The van der Waals surface area contributed by atoms with Gasteiger partial charge in [-0.1, -0.05) is 54.1 Å². The zero-order valence-electron chi connectivity index (χ0n) is 18.0. The minimum atomic E-state index is -0.127. The summed E-state index contributed by atoms with van der Waals surface area (Å²) in [5.74, 6) is 1.64. The van der Waals surface area contributed by atoms with Crippen molar-refractivity contribution in [3.05, 3.63) is 89.1 Å². The second-order valence-corrected chi connectivity index (χ2v) is 8.84. The van der Waals surface area contributed by atoms with Crippen molar-refractivity contribution in [3.8, 4) is 5.75 Å². The van der Waals surface area contributed by atoms with Gasteiger partial charge in [-0.15, -0.1) is 0 Å². The Morgan fingerprint density at radius 1 is 1.03 bits per heavy atom. The molecule has 1 unspecified atom stereocenters. The van der Waals surface area contributed by atoms with Gasteiger partial charge in [0.2, 0.25) is 0 Å². The zero-order chi connectivity index (χ0) is 21.5. The lowest BCUT2D eigenvalue weighted by molar-refractivity contribution is 0.138. The van der Waals surface area contributed by atoms with E-state index in [1.165, 1.54) is 18.5 Å². The number of para-hydroxylation sites is 1. The number of halogens is 1. The maximum atomic E-state index is 6.63. The Kier molecular flexibility index (Phi) is 7.68. The highest BCUT2D eigenvalue weighted by Gasteiger charge is 2.25. The van der Waals surface area contributed by atoms with E-state index in [1.54, 1.807) is 0 Å². The van der Waals surface area contributed by atoms with Gasteiger partial charge >= 0.3 is 0 Å². The molecule has 0 saturated carbocycles. The number of rotatable bonds is 8. The number of nitrogens with two attached hydrogens (primary N) is 1. The molecule has 2 aromatic carbocycles. The standard InChI is InChI=1S/C26H32ClN3O/c27-23-11-9-22(10-12-23)26(28)25-8-4-5-15-30(25)20-21-13-16-29(17-14-21)18-19-31-24-6-2-1-3-7-24/h1-12,21,26H,13-20,28H2. The molecule has 5 heteroatoms. The summed E-state index contributed by atoms with van der Waals surface area (Å²) in [5, 5.41) is 0.742. The maximum absolute atomic E-state index is 6.63. The first-order valence-electron chi connectivity index (χ1n) is 11.2. The molecule has 1 atom stereocenters. The van der Waals surface area contributed by atoms with E-state index in [0.717, 1.165) is 55.7 Å². The molecule has 1 saturated heterocycles. The Morgan fingerprint density at radius 3 is 2.52 bits per heavy atom. The van der Waals surface area contributed by atoms with Gasteiger partial charge in [0.25, 0.3) is 0 Å². The van der Waals surface area contributed by atoms with Gasteiger partial charge in [0.1, 0.15) is 12.4 Å². The quantitative estimate of drug-likeness (QED) is 0.638. The molecule has 2 N–H and O–H groups in total. The summed E-state index contributed by atoms with van der Waals surface area (Å²) in [6.45, 7) is 5.99. The van der Waals surface area contributed by atoms with Gasteiger partial charge in [-0.05, 0) is 67.8 Å². The molecule has 2 aromatic rings. The molecule has 1 fully saturated rings. The number of ether oxygens (including phenoxy) is 1. The third-order valence-corrected chi connectivity index (χ3v) is 6.50. The minimum absolute atomic E-state index is 0.127. The van der Waals surface area contributed by atoms with E-state index in [-0.39, 0.29) is 6.04 Å². The molecule has 4 nitrogen and oxygen atoms in total. The van der Waals surface area contributed by atoms with Gasteiger partial charge in [-0.25, -0.2) is 0 Å². The molecule has 0 spiro atoms. The summed E-state index contributed by atoms with van der Waals surface area (Å²) in [5.41, 5.74) is 8.93. The first kappa shape index (κ1) is 21.9. The van der Waals surface area contributed by atoms with E-state index in [2.05, 4.69) is 28.0 Å². The highest BCUT2D eigenvalue weighted by atomic mass is 35.5. The summed E-state index contributed by atoms with van der Waals surface area (Å²) in [7, 11) is 0. The molecule has 2 aliphatic heterocycles. The van der Waals surface area contributed by atoms with Gasteiger partial charge < -0.3 is 15.4 Å². The van der Waals surface area contributed by atoms with Crippen LogP contribution in [-0.4, -0.2) is 49.1 Å². The molecule has 31 heavy (non-hydrogen) atoms. The summed E-state index contributed by atoms with van der Waals surface area (Å²) < 4.78 is 5.86. The fourth-order valence-corrected chi connectivity index (χ4v) is 4.53. The van der Waals surface area contributed by atoms with Crippen molar-refractivity contribution < 1.29 is 4.74 Å². The van der Waals surface area contributed by atoms with E-state index in [0.29, 0.717) is 5.92 Å². The van der Waals surface area contributed by atoms with Crippen molar-refractivity contribution in [1.29, 1.82) is 0 Å². The van der Waals surface area contributed by atoms with Gasteiger partial charge in [0.15, 0.2) is 0 Å². The lowest BCUT2D eigenvalue weighted by Crippen LogP contribution is -2.41. The summed E-state index contributed by atoms with van der Waals surface area (Å²) in [4.78, 5) is 4.98. The first-order valence-corrected chi connectivity index (χ1v) is 11.6. The lowest BCUT2D eigenvalue weighted by atomic mass is 9.94. The van der Waals surface area contributed by atoms with Crippen LogP contribution in [0.3, 0.4) is 0 Å². The van der Waals surface area contributed by atoms with Crippen molar-refractivity contribution >= 4 is 11.6 Å². The van der Waals surface area contributed by atoms with Crippen LogP contribution < -0.4 is 10.5 Å². The number of hydrogen-bond donors (Lipinski definition) is 1. The highest BCUT2D eigenvalue weighted by Crippen LogP contribution is 2.28. The SMILES string of the molecule is NC(C1=CC=CCN1CC1CCN(CCOc2ccccc2)CC1)c1ccc(Cl)cc1. The van der Waals surface area contributed by atoms with Crippen molar-refractivity contribution in [1.82, 2.24) is 9.80 Å². The molecule has 4 rings (SSSR count). The molecule has 2 heterocycles. The van der Waals surface area contributed by atoms with Gasteiger partial charge in [-0.2, -0.15) is 0 Å². The van der Waals surface area contributed by atoms with Crippen LogP contribution >= 0.6 is 11.6 Å². The molecule has 0 bridgehead atoms. The van der Waals surface area contributed by atoms with Gasteiger partial charge in [0.05, 0.1) is 6.04 Å². The van der Waals surface area contributed by atoms with Crippen molar-refractivity contribution in [2.24, 2.45) is 11.7 Å². The van der Waals surface area contributed by atoms with Gasteiger partial charge in [-0.3, -0.25) is 4.90 Å². The average Bonchev–Trinajstić information content (AvgIpc) is 2.81. The summed E-state index contributed by atoms with van der Waals surface area (Å²) in [6, 6.07) is 17.8. The minimum Gasteiger partial charge on any atom is -0.492 e. The normalized spacial score (nSPS) is 18.6. The smallest absolute Gasteiger partial charge is 0.119 e. The van der Waals surface area contributed by atoms with Crippen molar-refractivity contribution in [2.75, 3.05) is 39.3 Å². The molecule has 0 aliphatic carbocycles. The van der Waals surface area contributed by atoms with E-state index in [4.69, 9.17) is 22.1 Å². The van der Waals surface area contributed by atoms with E-state index < -0.39 is 0 Å². The molecular weight excluding hydrogens is 406 g/mol. The number of benzene rings is 2. The van der Waals surface area contributed by atoms with Crippen LogP contribution in [0.25, 0.3) is 0 Å². The fourth-order valence-electron chi connectivity index (χ4n) is 4.40. The topological polar surface area (TPSA) is 41.7 Å².